The Bertz CT molecular complexity index is 601. The van der Waals surface area contributed by atoms with Crippen LogP contribution in [0.3, 0.4) is 0 Å². The van der Waals surface area contributed by atoms with Crippen LogP contribution in [0.2, 0.25) is 0 Å². The molecule has 0 saturated carbocycles. The fourth-order valence-electron chi connectivity index (χ4n) is 2.16. The van der Waals surface area contributed by atoms with Crippen molar-refractivity contribution in [3.8, 4) is 0 Å². The summed E-state index contributed by atoms with van der Waals surface area (Å²) in [4.78, 5) is 2.00. The third kappa shape index (κ3) is 3.19. The number of halogens is 2. The topological polar surface area (TPSA) is 15.3 Å². The van der Waals surface area contributed by atoms with E-state index in [-0.39, 0.29) is 11.9 Å². The molecular weight excluding hydrogens is 319 g/mol. The highest BCUT2D eigenvalue weighted by Crippen LogP contribution is 2.33. The van der Waals surface area contributed by atoms with Crippen LogP contribution < -0.4 is 10.2 Å². The van der Waals surface area contributed by atoms with Crippen LogP contribution in [0.15, 0.2) is 46.9 Å². The van der Waals surface area contributed by atoms with Gasteiger partial charge in [-0.2, -0.15) is 0 Å². The van der Waals surface area contributed by atoms with Gasteiger partial charge >= 0.3 is 0 Å². The van der Waals surface area contributed by atoms with Gasteiger partial charge in [0, 0.05) is 28.9 Å². The van der Waals surface area contributed by atoms with E-state index in [1.165, 1.54) is 12.1 Å². The van der Waals surface area contributed by atoms with Gasteiger partial charge in [-0.1, -0.05) is 22.0 Å². The van der Waals surface area contributed by atoms with E-state index >= 15 is 0 Å². The van der Waals surface area contributed by atoms with E-state index in [4.69, 9.17) is 0 Å². The van der Waals surface area contributed by atoms with Gasteiger partial charge < -0.3 is 10.2 Å². The summed E-state index contributed by atoms with van der Waals surface area (Å²) in [5.74, 6) is -0.227. The molecule has 2 aromatic carbocycles. The molecule has 0 spiro atoms. The summed E-state index contributed by atoms with van der Waals surface area (Å²) in [6.45, 7) is 2.10. The lowest BCUT2D eigenvalue weighted by Gasteiger charge is -2.25. The predicted molar refractivity (Wildman–Crippen MR) is 86.1 cm³/mol. The molecule has 106 valence electrons. The quantitative estimate of drug-likeness (QED) is 0.875. The molecule has 0 radical (unpaired) electrons. The summed E-state index contributed by atoms with van der Waals surface area (Å²) in [5, 5.41) is 3.24. The van der Waals surface area contributed by atoms with Gasteiger partial charge in [0.15, 0.2) is 0 Å². The molecule has 0 aliphatic carbocycles. The Morgan fingerprint density at radius 3 is 2.60 bits per heavy atom. The Morgan fingerprint density at radius 2 is 1.95 bits per heavy atom. The van der Waals surface area contributed by atoms with E-state index in [0.29, 0.717) is 0 Å². The van der Waals surface area contributed by atoms with Crippen LogP contribution in [0.5, 0.6) is 0 Å². The molecule has 0 heterocycles. The lowest BCUT2D eigenvalue weighted by Crippen LogP contribution is -2.18. The normalized spacial score (nSPS) is 12.2. The van der Waals surface area contributed by atoms with Gasteiger partial charge in [-0.25, -0.2) is 4.39 Å². The Hall–Kier alpha value is -1.39. The van der Waals surface area contributed by atoms with E-state index in [2.05, 4.69) is 34.2 Å². The molecule has 2 aromatic rings. The highest BCUT2D eigenvalue weighted by atomic mass is 79.9. The number of hydrogen-bond acceptors (Lipinski definition) is 2. The molecule has 0 aliphatic rings. The van der Waals surface area contributed by atoms with Crippen molar-refractivity contribution in [2.75, 3.05) is 19.0 Å². The van der Waals surface area contributed by atoms with Crippen molar-refractivity contribution < 1.29 is 4.39 Å². The molecule has 1 atom stereocenters. The van der Waals surface area contributed by atoms with Crippen LogP contribution in [0, 0.1) is 5.82 Å². The van der Waals surface area contributed by atoms with Gasteiger partial charge in [0.25, 0.3) is 0 Å². The number of hydrogen-bond donors (Lipinski definition) is 1. The molecule has 2 rings (SSSR count). The number of nitrogens with one attached hydrogen (secondary N) is 1. The second kappa shape index (κ2) is 6.37. The lowest BCUT2D eigenvalue weighted by atomic mass is 10.0. The molecule has 0 aromatic heterocycles. The first-order valence-electron chi connectivity index (χ1n) is 6.49. The first kappa shape index (κ1) is 15.0. The van der Waals surface area contributed by atoms with Gasteiger partial charge in [-0.3, -0.25) is 0 Å². The smallest absolute Gasteiger partial charge is 0.125 e. The van der Waals surface area contributed by atoms with E-state index in [9.17, 15) is 4.39 Å². The maximum atomic E-state index is 13.4. The monoisotopic (exact) mass is 336 g/mol. The third-order valence-corrected chi connectivity index (χ3v) is 3.94. The van der Waals surface area contributed by atoms with E-state index in [1.54, 1.807) is 6.07 Å². The largest absolute Gasteiger partial charge is 0.344 e. The van der Waals surface area contributed by atoms with Crippen LogP contribution in [0.4, 0.5) is 15.8 Å². The van der Waals surface area contributed by atoms with Crippen LogP contribution >= 0.6 is 15.9 Å². The van der Waals surface area contributed by atoms with Crippen molar-refractivity contribution in [3.63, 3.8) is 0 Å². The van der Waals surface area contributed by atoms with Gasteiger partial charge in [-0.15, -0.1) is 0 Å². The van der Waals surface area contributed by atoms with Crippen molar-refractivity contribution in [2.24, 2.45) is 0 Å². The highest BCUT2D eigenvalue weighted by molar-refractivity contribution is 9.10. The maximum Gasteiger partial charge on any atom is 0.125 e. The second-order valence-electron chi connectivity index (χ2n) is 4.75. The molecule has 2 nitrogen and oxygen atoms in total. The number of benzene rings is 2. The van der Waals surface area contributed by atoms with Crippen molar-refractivity contribution >= 4 is 27.3 Å². The number of nitrogens with zero attached hydrogens (tertiary/aromatic N) is 1. The molecule has 0 amide bonds. The van der Waals surface area contributed by atoms with Crippen LogP contribution in [0.25, 0.3) is 0 Å². The molecule has 0 saturated heterocycles. The van der Waals surface area contributed by atoms with Crippen molar-refractivity contribution in [1.29, 1.82) is 0 Å². The fourth-order valence-corrected chi connectivity index (χ4v) is 2.54. The number of anilines is 2. The average Bonchev–Trinajstić information content (AvgIpc) is 2.45. The minimum atomic E-state index is -0.227. The summed E-state index contributed by atoms with van der Waals surface area (Å²) in [6, 6.07) is 13.0. The van der Waals surface area contributed by atoms with Gasteiger partial charge in [0.1, 0.15) is 5.82 Å². The predicted octanol–water partition coefficient (Wildman–Crippen LogP) is 4.64. The maximum absolute atomic E-state index is 13.4. The molecule has 0 fully saturated rings. The zero-order chi connectivity index (χ0) is 14.7. The standard InChI is InChI=1S/C16H18BrFN2/c1-11(19-2)15-9-12(17)7-8-16(15)20(3)14-6-4-5-13(18)10-14/h4-11,19H,1-3H3. The molecule has 1 N–H and O–H groups in total. The van der Waals surface area contributed by atoms with Gasteiger partial charge in [-0.05, 0) is 55.9 Å². The first-order valence-corrected chi connectivity index (χ1v) is 7.28. The van der Waals surface area contributed by atoms with Crippen LogP contribution in [-0.4, -0.2) is 14.1 Å². The van der Waals surface area contributed by atoms with Crippen molar-refractivity contribution in [2.45, 2.75) is 13.0 Å². The van der Waals surface area contributed by atoms with Gasteiger partial charge in [0.2, 0.25) is 0 Å². The van der Waals surface area contributed by atoms with Crippen molar-refractivity contribution in [3.05, 3.63) is 58.3 Å². The summed E-state index contributed by atoms with van der Waals surface area (Å²) in [5.41, 5.74) is 3.05. The summed E-state index contributed by atoms with van der Waals surface area (Å²) >= 11 is 3.50. The zero-order valence-electron chi connectivity index (χ0n) is 11.8. The fraction of sp³-hybridized carbons (Fsp3) is 0.250. The Morgan fingerprint density at radius 1 is 1.20 bits per heavy atom. The number of rotatable bonds is 4. The Labute approximate surface area is 127 Å². The first-order chi connectivity index (χ1) is 9.52. The molecule has 4 heteroatoms. The lowest BCUT2D eigenvalue weighted by molar-refractivity contribution is 0.627. The summed E-state index contributed by atoms with van der Waals surface area (Å²) in [7, 11) is 3.88. The van der Waals surface area contributed by atoms with Crippen LogP contribution in [0.1, 0.15) is 18.5 Å². The highest BCUT2D eigenvalue weighted by Gasteiger charge is 2.14. The molecule has 0 aliphatic heterocycles. The zero-order valence-corrected chi connectivity index (χ0v) is 13.4. The average molecular weight is 337 g/mol. The Balaban J connectivity index is 2.46. The Kier molecular flexibility index (Phi) is 4.78. The second-order valence-corrected chi connectivity index (χ2v) is 5.67. The molecule has 1 unspecified atom stereocenters. The molecule has 0 bridgehead atoms. The summed E-state index contributed by atoms with van der Waals surface area (Å²) < 4.78 is 14.4. The van der Waals surface area contributed by atoms with Crippen molar-refractivity contribution in [1.82, 2.24) is 5.32 Å². The van der Waals surface area contributed by atoms with E-state index < -0.39 is 0 Å². The molecular formula is C16H18BrFN2. The van der Waals surface area contributed by atoms with E-state index in [0.717, 1.165) is 21.4 Å². The van der Waals surface area contributed by atoms with Crippen LogP contribution in [-0.2, 0) is 0 Å². The molecule has 20 heavy (non-hydrogen) atoms. The minimum absolute atomic E-state index is 0.207. The summed E-state index contributed by atoms with van der Waals surface area (Å²) in [6.07, 6.45) is 0. The SMILES string of the molecule is CNC(C)c1cc(Br)ccc1N(C)c1cccc(F)c1. The van der Waals surface area contributed by atoms with Gasteiger partial charge in [0.05, 0.1) is 0 Å². The van der Waals surface area contributed by atoms with E-state index in [1.807, 2.05) is 37.2 Å². The minimum Gasteiger partial charge on any atom is -0.344 e. The third-order valence-electron chi connectivity index (χ3n) is 3.45.